The van der Waals surface area contributed by atoms with Crippen LogP contribution in [0.4, 0.5) is 11.4 Å². The smallest absolute Gasteiger partial charge is 0.269 e. The van der Waals surface area contributed by atoms with E-state index in [1.54, 1.807) is 17.0 Å². The van der Waals surface area contributed by atoms with Gasteiger partial charge in [-0.2, -0.15) is 5.26 Å². The molecule has 9 heteroatoms. The number of benzene rings is 3. The number of hydrogen-bond donors (Lipinski definition) is 0. The summed E-state index contributed by atoms with van der Waals surface area (Å²) < 4.78 is 0. The lowest BCUT2D eigenvalue weighted by atomic mass is 9.99. The van der Waals surface area contributed by atoms with E-state index >= 15 is 0 Å². The fourth-order valence-corrected chi connectivity index (χ4v) is 5.75. The van der Waals surface area contributed by atoms with Gasteiger partial charge in [0.1, 0.15) is 11.1 Å². The Kier molecular flexibility index (Phi) is 8.30. The second kappa shape index (κ2) is 12.4. The summed E-state index contributed by atoms with van der Waals surface area (Å²) in [7, 11) is 0. The molecule has 1 amide bonds. The van der Waals surface area contributed by atoms with Gasteiger partial charge in [-0.1, -0.05) is 78.5 Å². The normalized spacial score (nSPS) is 10.6. The van der Waals surface area contributed by atoms with Crippen molar-refractivity contribution in [3.8, 4) is 28.5 Å². The van der Waals surface area contributed by atoms with Crippen molar-refractivity contribution in [2.45, 2.75) is 11.6 Å². The average molecular weight is 563 g/mol. The Labute approximate surface area is 239 Å². The summed E-state index contributed by atoms with van der Waals surface area (Å²) in [5, 5.41) is 23.7. The van der Waals surface area contributed by atoms with Crippen LogP contribution in [-0.2, 0) is 11.3 Å². The molecule has 0 saturated heterocycles. The highest BCUT2D eigenvalue weighted by molar-refractivity contribution is 8.00. The van der Waals surface area contributed by atoms with Gasteiger partial charge in [0, 0.05) is 33.8 Å². The lowest BCUT2D eigenvalue weighted by Gasteiger charge is -2.22. The Balaban J connectivity index is 1.49. The van der Waals surface area contributed by atoms with Crippen LogP contribution in [0.5, 0.6) is 0 Å². The number of amides is 1. The molecule has 0 aliphatic carbocycles. The number of nitriles is 1. The molecular formula is C31H22N4O3S2. The number of anilines is 1. The van der Waals surface area contributed by atoms with E-state index in [0.717, 1.165) is 21.6 Å². The van der Waals surface area contributed by atoms with Crippen LogP contribution in [0.2, 0.25) is 0 Å². The molecular weight excluding hydrogens is 541 g/mol. The number of nitrogens with zero attached hydrogens (tertiary/aromatic N) is 4. The molecule has 2 aromatic heterocycles. The van der Waals surface area contributed by atoms with Gasteiger partial charge in [-0.25, -0.2) is 4.98 Å². The molecule has 7 nitrogen and oxygen atoms in total. The van der Waals surface area contributed by atoms with Crippen molar-refractivity contribution >= 4 is 40.4 Å². The summed E-state index contributed by atoms with van der Waals surface area (Å²) in [4.78, 5) is 31.7. The van der Waals surface area contributed by atoms with Crippen LogP contribution in [0.1, 0.15) is 10.4 Å². The fourth-order valence-electron chi connectivity index (χ4n) is 4.18. The Morgan fingerprint density at radius 2 is 1.62 bits per heavy atom. The van der Waals surface area contributed by atoms with E-state index in [4.69, 9.17) is 4.98 Å². The third kappa shape index (κ3) is 6.10. The van der Waals surface area contributed by atoms with Crippen molar-refractivity contribution in [1.29, 1.82) is 5.26 Å². The molecule has 0 aliphatic rings. The highest BCUT2D eigenvalue weighted by atomic mass is 32.2. The molecule has 2 heterocycles. The minimum absolute atomic E-state index is 0.0243. The van der Waals surface area contributed by atoms with Crippen LogP contribution in [0.25, 0.3) is 22.4 Å². The van der Waals surface area contributed by atoms with Crippen LogP contribution < -0.4 is 4.90 Å². The van der Waals surface area contributed by atoms with Gasteiger partial charge in [0.2, 0.25) is 5.91 Å². The molecule has 0 unspecified atom stereocenters. The maximum absolute atomic E-state index is 13.6. The number of aromatic nitrogens is 1. The van der Waals surface area contributed by atoms with E-state index in [1.807, 2.05) is 84.2 Å². The van der Waals surface area contributed by atoms with Gasteiger partial charge in [-0.15, -0.1) is 11.3 Å². The highest BCUT2D eigenvalue weighted by Crippen LogP contribution is 2.34. The first-order valence-corrected chi connectivity index (χ1v) is 14.2. The summed E-state index contributed by atoms with van der Waals surface area (Å²) in [6.07, 6.45) is 0. The average Bonchev–Trinajstić information content (AvgIpc) is 3.52. The van der Waals surface area contributed by atoms with Crippen LogP contribution in [0.15, 0.2) is 114 Å². The molecule has 0 N–H and O–H groups in total. The molecule has 0 bridgehead atoms. The first-order chi connectivity index (χ1) is 19.5. The Morgan fingerprint density at radius 1 is 0.950 bits per heavy atom. The van der Waals surface area contributed by atoms with Crippen LogP contribution in [-0.4, -0.2) is 21.6 Å². The van der Waals surface area contributed by atoms with Crippen molar-refractivity contribution in [1.82, 2.24) is 4.98 Å². The van der Waals surface area contributed by atoms with Crippen LogP contribution >= 0.6 is 23.1 Å². The molecule has 0 fully saturated rings. The van der Waals surface area contributed by atoms with Crippen LogP contribution in [0, 0.1) is 21.4 Å². The molecule has 0 radical (unpaired) electrons. The first kappa shape index (κ1) is 26.8. The predicted molar refractivity (Wildman–Crippen MR) is 159 cm³/mol. The third-order valence-electron chi connectivity index (χ3n) is 6.15. The first-order valence-electron chi connectivity index (χ1n) is 12.3. The summed E-state index contributed by atoms with van der Waals surface area (Å²) >= 11 is 2.74. The van der Waals surface area contributed by atoms with E-state index in [2.05, 4.69) is 6.07 Å². The van der Waals surface area contributed by atoms with Crippen molar-refractivity contribution in [2.75, 3.05) is 10.7 Å². The van der Waals surface area contributed by atoms with E-state index < -0.39 is 4.92 Å². The van der Waals surface area contributed by atoms with E-state index in [9.17, 15) is 20.2 Å². The molecule has 40 heavy (non-hydrogen) atoms. The maximum atomic E-state index is 13.6. The second-order valence-electron chi connectivity index (χ2n) is 8.70. The molecule has 0 aliphatic heterocycles. The second-order valence-corrected chi connectivity index (χ2v) is 10.7. The molecule has 196 valence electrons. The summed E-state index contributed by atoms with van der Waals surface area (Å²) in [6, 6.07) is 33.4. The quantitative estimate of drug-likeness (QED) is 0.104. The van der Waals surface area contributed by atoms with Crippen molar-refractivity contribution in [2.24, 2.45) is 0 Å². The Bertz CT molecular complexity index is 1670. The zero-order chi connectivity index (χ0) is 27.9. The number of nitro groups is 1. The van der Waals surface area contributed by atoms with Crippen molar-refractivity contribution < 1.29 is 9.72 Å². The largest absolute Gasteiger partial charge is 0.306 e. The predicted octanol–water partition coefficient (Wildman–Crippen LogP) is 7.58. The SMILES string of the molecule is N#Cc1c(-c2ccccc2)cc(-c2ccccc2)nc1SCC(=O)N(Cc1cccs1)c1ccc([N+](=O)[O-])cc1. The number of carbonyl (C=O) groups excluding carboxylic acids is 1. The molecule has 0 saturated carbocycles. The summed E-state index contributed by atoms with van der Waals surface area (Å²) in [5.74, 6) is -0.180. The van der Waals surface area contributed by atoms with E-state index in [0.29, 0.717) is 28.5 Å². The van der Waals surface area contributed by atoms with Crippen molar-refractivity contribution in [3.05, 3.63) is 129 Å². The van der Waals surface area contributed by atoms with Gasteiger partial charge in [-0.3, -0.25) is 14.9 Å². The Morgan fingerprint density at radius 3 is 2.23 bits per heavy atom. The standard InChI is InChI=1S/C31H22N4O3S2/c32-19-28-27(22-8-3-1-4-9-22)18-29(23-10-5-2-6-11-23)33-31(28)40-21-30(36)34(20-26-12-7-17-39-26)24-13-15-25(16-14-24)35(37)38/h1-18H,20-21H2. The van der Waals surface area contributed by atoms with Gasteiger partial charge >= 0.3 is 0 Å². The molecule has 0 spiro atoms. The van der Waals surface area contributed by atoms with Crippen LogP contribution in [0.3, 0.4) is 0 Å². The monoisotopic (exact) mass is 562 g/mol. The fraction of sp³-hybridized carbons (Fsp3) is 0.0645. The van der Waals surface area contributed by atoms with Gasteiger partial charge in [0.15, 0.2) is 0 Å². The van der Waals surface area contributed by atoms with Gasteiger partial charge < -0.3 is 4.90 Å². The lowest BCUT2D eigenvalue weighted by molar-refractivity contribution is -0.384. The minimum Gasteiger partial charge on any atom is -0.306 e. The zero-order valence-electron chi connectivity index (χ0n) is 21.1. The number of non-ortho nitro benzene ring substituents is 1. The maximum Gasteiger partial charge on any atom is 0.269 e. The minimum atomic E-state index is -0.468. The topological polar surface area (TPSA) is 100 Å². The van der Waals surface area contributed by atoms with E-state index in [1.165, 1.54) is 35.2 Å². The molecule has 5 aromatic rings. The number of hydrogen-bond acceptors (Lipinski definition) is 7. The van der Waals surface area contributed by atoms with Gasteiger partial charge in [0.25, 0.3) is 5.69 Å². The molecule has 3 aromatic carbocycles. The highest BCUT2D eigenvalue weighted by Gasteiger charge is 2.21. The van der Waals surface area contributed by atoms with E-state index in [-0.39, 0.29) is 17.3 Å². The molecule has 5 rings (SSSR count). The number of pyridine rings is 1. The van der Waals surface area contributed by atoms with Crippen molar-refractivity contribution in [3.63, 3.8) is 0 Å². The third-order valence-corrected chi connectivity index (χ3v) is 7.97. The number of nitro benzene ring substituents is 1. The van der Waals surface area contributed by atoms with Gasteiger partial charge in [-0.05, 0) is 35.2 Å². The van der Waals surface area contributed by atoms with Gasteiger partial charge in [0.05, 0.1) is 28.5 Å². The summed E-state index contributed by atoms with van der Waals surface area (Å²) in [5.41, 5.74) is 4.16. The lowest BCUT2D eigenvalue weighted by Crippen LogP contribution is -2.31. The zero-order valence-corrected chi connectivity index (χ0v) is 22.8. The number of thiophene rings is 1. The molecule has 0 atom stereocenters. The Hall–Kier alpha value is -4.78. The summed E-state index contributed by atoms with van der Waals surface area (Å²) in [6.45, 7) is 0.326. The number of thioether (sulfide) groups is 1. The number of rotatable bonds is 9. The number of carbonyl (C=O) groups is 1.